The smallest absolute Gasteiger partial charge is 0.245 e. The molecule has 0 spiro atoms. The summed E-state index contributed by atoms with van der Waals surface area (Å²) in [5.41, 5.74) is 5.09. The number of anilines is 1. The van der Waals surface area contributed by atoms with Crippen LogP contribution in [0.1, 0.15) is 40.5 Å². The number of hydrogen-bond acceptors (Lipinski definition) is 7. The van der Waals surface area contributed by atoms with Gasteiger partial charge >= 0.3 is 0 Å². The summed E-state index contributed by atoms with van der Waals surface area (Å²) in [6.07, 6.45) is 5.47. The fourth-order valence-corrected chi connectivity index (χ4v) is 5.50. The van der Waals surface area contributed by atoms with Crippen LogP contribution in [0.25, 0.3) is 33.4 Å². The lowest BCUT2D eigenvalue weighted by molar-refractivity contribution is 0.160. The van der Waals surface area contributed by atoms with Crippen molar-refractivity contribution in [3.8, 4) is 28.1 Å². The number of nitrogens with one attached hydrogen (secondary N) is 1. The highest BCUT2D eigenvalue weighted by Crippen LogP contribution is 2.34. The SMILES string of the molecule is CN(c1ncc(-c2ccc(-c3ccc4c(c3)ncn4C)cc2O)nn1)C1CC(C)(C)NC(C)(C)C1. The number of imidazole rings is 1. The van der Waals surface area contributed by atoms with Crippen molar-refractivity contribution in [2.24, 2.45) is 7.05 Å². The second-order valence-corrected chi connectivity index (χ2v) is 11.0. The second-order valence-electron chi connectivity index (χ2n) is 11.0. The molecule has 1 aliphatic rings. The molecule has 0 aliphatic carbocycles. The molecule has 2 aromatic carbocycles. The van der Waals surface area contributed by atoms with Gasteiger partial charge in [-0.25, -0.2) is 9.97 Å². The van der Waals surface area contributed by atoms with E-state index < -0.39 is 0 Å². The Morgan fingerprint density at radius 2 is 1.66 bits per heavy atom. The summed E-state index contributed by atoms with van der Waals surface area (Å²) in [6.45, 7) is 8.94. The van der Waals surface area contributed by atoms with Crippen LogP contribution in [0.5, 0.6) is 5.75 Å². The van der Waals surface area contributed by atoms with Crippen molar-refractivity contribution in [3.05, 3.63) is 48.9 Å². The molecule has 3 heterocycles. The van der Waals surface area contributed by atoms with E-state index in [-0.39, 0.29) is 16.8 Å². The van der Waals surface area contributed by atoms with Crippen LogP contribution >= 0.6 is 0 Å². The molecule has 35 heavy (non-hydrogen) atoms. The van der Waals surface area contributed by atoms with Crippen molar-refractivity contribution in [2.75, 3.05) is 11.9 Å². The van der Waals surface area contributed by atoms with E-state index in [2.05, 4.69) is 58.1 Å². The second kappa shape index (κ2) is 8.30. The molecule has 5 rings (SSSR count). The Morgan fingerprint density at radius 1 is 0.971 bits per heavy atom. The minimum Gasteiger partial charge on any atom is -0.507 e. The summed E-state index contributed by atoms with van der Waals surface area (Å²) >= 11 is 0. The first kappa shape index (κ1) is 23.2. The monoisotopic (exact) mass is 471 g/mol. The largest absolute Gasteiger partial charge is 0.507 e. The predicted molar refractivity (Wildman–Crippen MR) is 139 cm³/mol. The van der Waals surface area contributed by atoms with Gasteiger partial charge in [-0.05, 0) is 75.9 Å². The number of aryl methyl sites for hydroxylation is 1. The van der Waals surface area contributed by atoms with Crippen molar-refractivity contribution in [2.45, 2.75) is 57.7 Å². The summed E-state index contributed by atoms with van der Waals surface area (Å²) in [5, 5.41) is 23.3. The molecule has 1 fully saturated rings. The molecule has 0 radical (unpaired) electrons. The van der Waals surface area contributed by atoms with Gasteiger partial charge in [0.05, 0.1) is 23.6 Å². The lowest BCUT2D eigenvalue weighted by Crippen LogP contribution is -2.62. The van der Waals surface area contributed by atoms with Crippen LogP contribution in [0.3, 0.4) is 0 Å². The Balaban J connectivity index is 1.37. The average Bonchev–Trinajstić information content (AvgIpc) is 3.17. The van der Waals surface area contributed by atoms with E-state index in [9.17, 15) is 5.11 Å². The van der Waals surface area contributed by atoms with E-state index in [0.29, 0.717) is 23.2 Å². The van der Waals surface area contributed by atoms with Crippen molar-refractivity contribution >= 4 is 17.0 Å². The maximum Gasteiger partial charge on any atom is 0.245 e. The number of rotatable bonds is 4. The zero-order valence-corrected chi connectivity index (χ0v) is 21.2. The van der Waals surface area contributed by atoms with Gasteiger partial charge in [0.1, 0.15) is 11.4 Å². The van der Waals surface area contributed by atoms with Crippen molar-refractivity contribution in [1.82, 2.24) is 30.0 Å². The number of piperidine rings is 1. The molecule has 1 saturated heterocycles. The first-order valence-electron chi connectivity index (χ1n) is 12.0. The van der Waals surface area contributed by atoms with E-state index in [0.717, 1.165) is 35.0 Å². The molecule has 0 amide bonds. The van der Waals surface area contributed by atoms with E-state index in [4.69, 9.17) is 0 Å². The number of fused-ring (bicyclic) bond motifs is 1. The Labute approximate surface area is 206 Å². The van der Waals surface area contributed by atoms with Gasteiger partial charge in [0.25, 0.3) is 0 Å². The highest BCUT2D eigenvalue weighted by molar-refractivity contribution is 5.83. The fraction of sp³-hybridized carbons (Fsp3) is 0.407. The molecule has 2 aromatic heterocycles. The van der Waals surface area contributed by atoms with Gasteiger partial charge in [-0.2, -0.15) is 0 Å². The molecule has 2 N–H and O–H groups in total. The third-order valence-corrected chi connectivity index (χ3v) is 6.91. The van der Waals surface area contributed by atoms with E-state index >= 15 is 0 Å². The number of aromatic hydroxyl groups is 1. The number of phenolic OH excluding ortho intramolecular Hbond substituents is 1. The van der Waals surface area contributed by atoms with E-state index in [1.807, 2.05) is 49.0 Å². The van der Waals surface area contributed by atoms with Gasteiger partial charge in [-0.15, -0.1) is 10.2 Å². The first-order valence-corrected chi connectivity index (χ1v) is 12.0. The lowest BCUT2D eigenvalue weighted by Gasteiger charge is -2.48. The Bertz CT molecular complexity index is 1360. The van der Waals surface area contributed by atoms with Gasteiger partial charge in [-0.3, -0.25) is 0 Å². The summed E-state index contributed by atoms with van der Waals surface area (Å²) in [4.78, 5) is 11.1. The minimum absolute atomic E-state index is 0.0304. The molecule has 0 unspecified atom stereocenters. The topological polar surface area (TPSA) is 92.0 Å². The van der Waals surface area contributed by atoms with Crippen LogP contribution in [0, 0.1) is 0 Å². The third-order valence-electron chi connectivity index (χ3n) is 6.91. The van der Waals surface area contributed by atoms with Crippen molar-refractivity contribution in [3.63, 3.8) is 0 Å². The summed E-state index contributed by atoms with van der Waals surface area (Å²) in [5.74, 6) is 0.731. The lowest BCUT2D eigenvalue weighted by atomic mass is 9.79. The molecular formula is C27H33N7O. The van der Waals surface area contributed by atoms with Crippen LogP contribution in [-0.2, 0) is 7.05 Å². The summed E-state index contributed by atoms with van der Waals surface area (Å²) in [7, 11) is 4.01. The van der Waals surface area contributed by atoms with Gasteiger partial charge in [0.15, 0.2) is 0 Å². The fourth-order valence-electron chi connectivity index (χ4n) is 5.50. The van der Waals surface area contributed by atoms with Gasteiger partial charge in [0, 0.05) is 36.8 Å². The number of aromatic nitrogens is 5. The molecule has 4 aromatic rings. The molecule has 0 atom stereocenters. The molecular weight excluding hydrogens is 438 g/mol. The zero-order valence-electron chi connectivity index (χ0n) is 21.2. The summed E-state index contributed by atoms with van der Waals surface area (Å²) < 4.78 is 1.99. The molecule has 0 saturated carbocycles. The Kier molecular flexibility index (Phi) is 5.51. The van der Waals surface area contributed by atoms with Crippen molar-refractivity contribution < 1.29 is 5.11 Å². The Hall–Kier alpha value is -3.52. The quantitative estimate of drug-likeness (QED) is 0.451. The molecule has 182 valence electrons. The molecule has 1 aliphatic heterocycles. The number of benzene rings is 2. The number of nitrogens with zero attached hydrogens (tertiary/aromatic N) is 6. The van der Waals surface area contributed by atoms with Gasteiger partial charge in [0.2, 0.25) is 5.95 Å². The first-order chi connectivity index (χ1) is 16.5. The number of hydrogen-bond donors (Lipinski definition) is 2. The number of phenols is 1. The highest BCUT2D eigenvalue weighted by Gasteiger charge is 2.39. The third kappa shape index (κ3) is 4.58. The minimum atomic E-state index is 0.0304. The van der Waals surface area contributed by atoms with Crippen LogP contribution in [-0.4, -0.2) is 54.0 Å². The average molecular weight is 472 g/mol. The highest BCUT2D eigenvalue weighted by atomic mass is 16.3. The van der Waals surface area contributed by atoms with Crippen LogP contribution < -0.4 is 10.2 Å². The van der Waals surface area contributed by atoms with Crippen LogP contribution in [0.15, 0.2) is 48.9 Å². The standard InChI is InChI=1S/C27H33N7O/c1-26(2)13-19(14-27(3,4)32-26)34(6)25-28-15-22(30-31-25)20-9-7-18(12-24(20)35)17-8-10-23-21(11-17)29-16-33(23)5/h7-12,15-16,19,32,35H,13-14H2,1-6H3. The molecule has 8 heteroatoms. The zero-order chi connectivity index (χ0) is 25.0. The van der Waals surface area contributed by atoms with E-state index in [1.54, 1.807) is 18.6 Å². The van der Waals surface area contributed by atoms with Gasteiger partial charge < -0.3 is 19.9 Å². The van der Waals surface area contributed by atoms with Crippen LogP contribution in [0.2, 0.25) is 0 Å². The van der Waals surface area contributed by atoms with Gasteiger partial charge in [-0.1, -0.05) is 12.1 Å². The molecule has 0 bridgehead atoms. The molecule has 8 nitrogen and oxygen atoms in total. The van der Waals surface area contributed by atoms with Crippen LogP contribution in [0.4, 0.5) is 5.95 Å². The maximum absolute atomic E-state index is 10.8. The maximum atomic E-state index is 10.8. The summed E-state index contributed by atoms with van der Waals surface area (Å²) in [6, 6.07) is 12.0. The van der Waals surface area contributed by atoms with Crippen molar-refractivity contribution in [1.29, 1.82) is 0 Å². The Morgan fingerprint density at radius 3 is 2.31 bits per heavy atom. The normalized spacial score (nSPS) is 17.5. The predicted octanol–water partition coefficient (Wildman–Crippen LogP) is 4.54. The van der Waals surface area contributed by atoms with E-state index in [1.165, 1.54) is 0 Å².